The van der Waals surface area contributed by atoms with Crippen LogP contribution in [0.5, 0.6) is 5.88 Å². The Morgan fingerprint density at radius 2 is 2.32 bits per heavy atom. The summed E-state index contributed by atoms with van der Waals surface area (Å²) in [5.74, 6) is 1.66. The minimum absolute atomic E-state index is 0. The van der Waals surface area contributed by atoms with Gasteiger partial charge in [-0.2, -0.15) is 0 Å². The summed E-state index contributed by atoms with van der Waals surface area (Å²) in [6, 6.07) is 3.95. The number of hydrogen-bond acceptors (Lipinski definition) is 5. The first-order valence-electron chi connectivity index (χ1n) is 6.37. The molecule has 1 aromatic rings. The molecule has 0 radical (unpaired) electrons. The minimum Gasteiger partial charge on any atom is -0.477 e. The standard InChI is InChI=1S/C13H20N4O.HI/c1-3-9-18-12-11(5-4-6-14-12)10-16-13-15-7-8-17(13)2;/h4-6H,3,7-10H2,1-2H3,(H,15,16);1H. The molecule has 5 nitrogen and oxygen atoms in total. The van der Waals surface area contributed by atoms with E-state index in [1.807, 2.05) is 19.2 Å². The summed E-state index contributed by atoms with van der Waals surface area (Å²) in [7, 11) is 2.04. The van der Waals surface area contributed by atoms with Crippen LogP contribution in [0, 0.1) is 0 Å². The normalized spacial score (nSPS) is 13.8. The Bertz CT molecular complexity index is 425. The molecule has 0 bridgehead atoms. The molecule has 1 aliphatic heterocycles. The largest absolute Gasteiger partial charge is 0.477 e. The molecule has 0 saturated heterocycles. The molecule has 0 atom stereocenters. The van der Waals surface area contributed by atoms with E-state index in [1.165, 1.54) is 0 Å². The second-order valence-corrected chi connectivity index (χ2v) is 4.30. The van der Waals surface area contributed by atoms with Crippen LogP contribution in [0.15, 0.2) is 23.3 Å². The first-order valence-corrected chi connectivity index (χ1v) is 6.37. The summed E-state index contributed by atoms with van der Waals surface area (Å²) in [5, 5.41) is 3.32. The van der Waals surface area contributed by atoms with Crippen molar-refractivity contribution in [2.45, 2.75) is 19.9 Å². The summed E-state index contributed by atoms with van der Waals surface area (Å²) in [6.45, 7) is 5.32. The molecular formula is C13H21IN4O. The Morgan fingerprint density at radius 3 is 3.00 bits per heavy atom. The van der Waals surface area contributed by atoms with E-state index in [-0.39, 0.29) is 24.0 Å². The van der Waals surface area contributed by atoms with Crippen LogP contribution in [0.25, 0.3) is 0 Å². The number of nitrogens with zero attached hydrogens (tertiary/aromatic N) is 3. The maximum atomic E-state index is 5.62. The van der Waals surface area contributed by atoms with Gasteiger partial charge in [0, 0.05) is 31.9 Å². The van der Waals surface area contributed by atoms with Gasteiger partial charge in [0.1, 0.15) is 0 Å². The molecule has 0 amide bonds. The van der Waals surface area contributed by atoms with Crippen molar-refractivity contribution in [1.82, 2.24) is 15.2 Å². The van der Waals surface area contributed by atoms with E-state index in [4.69, 9.17) is 4.74 Å². The van der Waals surface area contributed by atoms with Gasteiger partial charge in [0.2, 0.25) is 5.88 Å². The molecule has 0 aliphatic carbocycles. The highest BCUT2D eigenvalue weighted by Gasteiger charge is 2.12. The Labute approximate surface area is 131 Å². The van der Waals surface area contributed by atoms with E-state index >= 15 is 0 Å². The Hall–Kier alpha value is -1.05. The summed E-state index contributed by atoms with van der Waals surface area (Å²) in [6.07, 6.45) is 2.74. The number of aromatic nitrogens is 1. The molecule has 2 rings (SSSR count). The van der Waals surface area contributed by atoms with Crippen LogP contribution in [-0.4, -0.2) is 42.6 Å². The van der Waals surface area contributed by atoms with Crippen molar-refractivity contribution in [2.24, 2.45) is 4.99 Å². The Kier molecular flexibility index (Phi) is 6.90. The maximum Gasteiger partial charge on any atom is 0.218 e. The van der Waals surface area contributed by atoms with E-state index in [1.54, 1.807) is 6.20 Å². The van der Waals surface area contributed by atoms with Crippen molar-refractivity contribution >= 4 is 29.9 Å². The molecule has 6 heteroatoms. The number of guanidine groups is 1. The monoisotopic (exact) mass is 376 g/mol. The summed E-state index contributed by atoms with van der Waals surface area (Å²) >= 11 is 0. The van der Waals surface area contributed by atoms with E-state index in [0.29, 0.717) is 19.0 Å². The molecule has 0 saturated carbocycles. The number of halogens is 1. The molecule has 0 aromatic carbocycles. The third-order valence-corrected chi connectivity index (χ3v) is 2.79. The van der Waals surface area contributed by atoms with Crippen LogP contribution < -0.4 is 10.1 Å². The summed E-state index contributed by atoms with van der Waals surface area (Å²) in [4.78, 5) is 10.8. The average molecular weight is 376 g/mol. The van der Waals surface area contributed by atoms with Crippen LogP contribution in [0.3, 0.4) is 0 Å². The highest BCUT2D eigenvalue weighted by molar-refractivity contribution is 14.0. The van der Waals surface area contributed by atoms with Gasteiger partial charge in [0.15, 0.2) is 5.96 Å². The lowest BCUT2D eigenvalue weighted by Crippen LogP contribution is -2.35. The molecular weight excluding hydrogens is 355 g/mol. The number of ether oxygens (including phenoxy) is 1. The van der Waals surface area contributed by atoms with Gasteiger partial charge in [0.25, 0.3) is 0 Å². The number of hydrogen-bond donors (Lipinski definition) is 1. The van der Waals surface area contributed by atoms with Crippen molar-refractivity contribution in [1.29, 1.82) is 0 Å². The SMILES string of the molecule is CCCOc1ncccc1CNC1=NCCN1C.I. The second kappa shape index (κ2) is 8.19. The zero-order chi connectivity index (χ0) is 12.8. The minimum atomic E-state index is 0. The second-order valence-electron chi connectivity index (χ2n) is 4.30. The first kappa shape index (κ1) is 16.0. The summed E-state index contributed by atoms with van der Waals surface area (Å²) < 4.78 is 5.62. The molecule has 1 N–H and O–H groups in total. The molecule has 19 heavy (non-hydrogen) atoms. The predicted molar refractivity (Wildman–Crippen MR) is 87.2 cm³/mol. The van der Waals surface area contributed by atoms with Gasteiger partial charge in [-0.05, 0) is 12.5 Å². The van der Waals surface area contributed by atoms with Gasteiger partial charge < -0.3 is 15.0 Å². The lowest BCUT2D eigenvalue weighted by atomic mass is 10.2. The molecule has 1 aliphatic rings. The smallest absolute Gasteiger partial charge is 0.218 e. The fourth-order valence-corrected chi connectivity index (χ4v) is 1.79. The third kappa shape index (κ3) is 4.52. The molecule has 2 heterocycles. The van der Waals surface area contributed by atoms with E-state index < -0.39 is 0 Å². The number of nitrogens with one attached hydrogen (secondary N) is 1. The number of likely N-dealkylation sites (N-methyl/N-ethyl adjacent to an activating group) is 1. The summed E-state index contributed by atoms with van der Waals surface area (Å²) in [5.41, 5.74) is 1.06. The van der Waals surface area contributed by atoms with Crippen molar-refractivity contribution in [3.63, 3.8) is 0 Å². The first-order chi connectivity index (χ1) is 8.81. The van der Waals surface area contributed by atoms with Gasteiger partial charge >= 0.3 is 0 Å². The van der Waals surface area contributed by atoms with Crippen LogP contribution in [0.1, 0.15) is 18.9 Å². The molecule has 0 unspecified atom stereocenters. The molecule has 106 valence electrons. The molecule has 1 aromatic heterocycles. The van der Waals surface area contributed by atoms with Crippen molar-refractivity contribution in [3.8, 4) is 5.88 Å². The van der Waals surface area contributed by atoms with Gasteiger partial charge in [-0.1, -0.05) is 13.0 Å². The van der Waals surface area contributed by atoms with Crippen molar-refractivity contribution in [3.05, 3.63) is 23.9 Å². The fourth-order valence-electron chi connectivity index (χ4n) is 1.79. The lowest BCUT2D eigenvalue weighted by Gasteiger charge is -2.16. The number of pyridine rings is 1. The van der Waals surface area contributed by atoms with Gasteiger partial charge in [-0.25, -0.2) is 4.98 Å². The van der Waals surface area contributed by atoms with Crippen LogP contribution >= 0.6 is 24.0 Å². The predicted octanol–water partition coefficient (Wildman–Crippen LogP) is 1.88. The van der Waals surface area contributed by atoms with Crippen LogP contribution in [0.2, 0.25) is 0 Å². The highest BCUT2D eigenvalue weighted by atomic mass is 127. The lowest BCUT2D eigenvalue weighted by molar-refractivity contribution is 0.301. The van der Waals surface area contributed by atoms with Crippen LogP contribution in [0.4, 0.5) is 0 Å². The van der Waals surface area contributed by atoms with Gasteiger partial charge in [-0.15, -0.1) is 24.0 Å². The van der Waals surface area contributed by atoms with Crippen molar-refractivity contribution in [2.75, 3.05) is 26.7 Å². The van der Waals surface area contributed by atoms with Crippen molar-refractivity contribution < 1.29 is 4.74 Å². The Morgan fingerprint density at radius 1 is 1.47 bits per heavy atom. The zero-order valence-corrected chi connectivity index (χ0v) is 13.8. The molecule has 0 spiro atoms. The highest BCUT2D eigenvalue weighted by Crippen LogP contribution is 2.14. The third-order valence-electron chi connectivity index (χ3n) is 2.79. The van der Waals surface area contributed by atoms with E-state index in [2.05, 4.69) is 27.1 Å². The maximum absolute atomic E-state index is 5.62. The number of aliphatic imine (C=N–C) groups is 1. The fraction of sp³-hybridized carbons (Fsp3) is 0.538. The van der Waals surface area contributed by atoms with E-state index in [0.717, 1.165) is 31.0 Å². The molecule has 0 fully saturated rings. The Balaban J connectivity index is 0.00000180. The van der Waals surface area contributed by atoms with Gasteiger partial charge in [-0.3, -0.25) is 4.99 Å². The quantitative estimate of drug-likeness (QED) is 0.798. The van der Waals surface area contributed by atoms with Gasteiger partial charge in [0.05, 0.1) is 13.2 Å². The number of rotatable bonds is 5. The average Bonchev–Trinajstić information content (AvgIpc) is 2.80. The topological polar surface area (TPSA) is 49.8 Å². The van der Waals surface area contributed by atoms with E-state index in [9.17, 15) is 0 Å². The van der Waals surface area contributed by atoms with Crippen LogP contribution in [-0.2, 0) is 6.54 Å². The zero-order valence-electron chi connectivity index (χ0n) is 11.4.